The molecule has 0 spiro atoms. The van der Waals surface area contributed by atoms with Gasteiger partial charge in [0, 0.05) is 23.2 Å². The zero-order valence-electron chi connectivity index (χ0n) is 13.2. The van der Waals surface area contributed by atoms with Crippen LogP contribution in [-0.4, -0.2) is 33.3 Å². The molecule has 1 aliphatic rings. The minimum atomic E-state index is -3.61. The number of carbonyl (C=O) groups excluding carboxylic acids is 1. The Hall–Kier alpha value is -2.25. The molecule has 1 aliphatic heterocycles. The van der Waals surface area contributed by atoms with E-state index in [0.29, 0.717) is 35.4 Å². The summed E-state index contributed by atoms with van der Waals surface area (Å²) < 4.78 is 35.6. The van der Waals surface area contributed by atoms with Crippen molar-refractivity contribution < 1.29 is 22.7 Å². The number of halogens is 1. The van der Waals surface area contributed by atoms with Crippen LogP contribution < -0.4 is 14.8 Å². The van der Waals surface area contributed by atoms with E-state index in [9.17, 15) is 13.2 Å². The Morgan fingerprint density at radius 3 is 2.44 bits per heavy atom. The number of carbonyl (C=O) groups is 1. The van der Waals surface area contributed by atoms with E-state index in [0.717, 1.165) is 0 Å². The molecule has 1 N–H and O–H groups in total. The van der Waals surface area contributed by atoms with Gasteiger partial charge < -0.3 is 14.8 Å². The Kier molecular flexibility index (Phi) is 5.15. The molecular weight excluding hydrogens is 366 g/mol. The topological polar surface area (TPSA) is 81.7 Å². The van der Waals surface area contributed by atoms with Crippen LogP contribution in [0.25, 0.3) is 0 Å². The Morgan fingerprint density at radius 2 is 1.72 bits per heavy atom. The molecule has 25 heavy (non-hydrogen) atoms. The molecule has 2 aromatic carbocycles. The van der Waals surface area contributed by atoms with Crippen molar-refractivity contribution in [2.75, 3.05) is 24.3 Å². The molecule has 0 atom stereocenters. The summed E-state index contributed by atoms with van der Waals surface area (Å²) in [5.41, 5.74) is 0.561. The number of nitrogens with one attached hydrogen (secondary N) is 1. The number of anilines is 1. The van der Waals surface area contributed by atoms with Crippen molar-refractivity contribution in [3.63, 3.8) is 0 Å². The van der Waals surface area contributed by atoms with Gasteiger partial charge in [0.1, 0.15) is 13.2 Å². The predicted octanol–water partition coefficient (Wildman–Crippen LogP) is 2.91. The van der Waals surface area contributed by atoms with E-state index in [4.69, 9.17) is 21.1 Å². The summed E-state index contributed by atoms with van der Waals surface area (Å²) in [4.78, 5) is 12.1. The molecule has 0 bridgehead atoms. The molecule has 1 amide bonds. The number of fused-ring (bicyclic) bond motifs is 1. The van der Waals surface area contributed by atoms with Crippen LogP contribution in [0, 0.1) is 0 Å². The SMILES string of the molecule is O=C(CCS(=O)(=O)c1ccc2c(c1)OCCO2)Nc1ccc(Cl)cc1. The zero-order chi connectivity index (χ0) is 17.9. The van der Waals surface area contributed by atoms with Crippen LogP contribution in [0.4, 0.5) is 5.69 Å². The second-order valence-corrected chi connectivity index (χ2v) is 7.97. The van der Waals surface area contributed by atoms with Crippen LogP contribution in [0.1, 0.15) is 6.42 Å². The Balaban J connectivity index is 1.63. The molecule has 1 heterocycles. The average Bonchev–Trinajstić information content (AvgIpc) is 2.62. The maximum absolute atomic E-state index is 12.4. The van der Waals surface area contributed by atoms with Crippen molar-refractivity contribution in [3.8, 4) is 11.5 Å². The fourth-order valence-electron chi connectivity index (χ4n) is 2.32. The molecular formula is C17H16ClNO5S. The van der Waals surface area contributed by atoms with E-state index in [1.54, 1.807) is 30.3 Å². The van der Waals surface area contributed by atoms with E-state index in [2.05, 4.69) is 5.32 Å². The number of hydrogen-bond donors (Lipinski definition) is 1. The quantitative estimate of drug-likeness (QED) is 0.861. The van der Waals surface area contributed by atoms with Crippen molar-refractivity contribution in [1.82, 2.24) is 0 Å². The molecule has 0 saturated heterocycles. The number of hydrogen-bond acceptors (Lipinski definition) is 5. The molecule has 132 valence electrons. The Bertz CT molecular complexity index is 880. The maximum Gasteiger partial charge on any atom is 0.225 e. The highest BCUT2D eigenvalue weighted by Gasteiger charge is 2.20. The fraction of sp³-hybridized carbons (Fsp3) is 0.235. The van der Waals surface area contributed by atoms with Crippen LogP contribution in [0.5, 0.6) is 11.5 Å². The first-order valence-corrected chi connectivity index (χ1v) is 9.65. The van der Waals surface area contributed by atoms with Crippen molar-refractivity contribution >= 4 is 33.0 Å². The molecule has 6 nitrogen and oxygen atoms in total. The summed E-state index contributed by atoms with van der Waals surface area (Å²) in [5, 5.41) is 3.19. The minimum absolute atomic E-state index is 0.107. The maximum atomic E-state index is 12.4. The van der Waals surface area contributed by atoms with Gasteiger partial charge >= 0.3 is 0 Å². The summed E-state index contributed by atoms with van der Waals surface area (Å²) in [6.07, 6.45) is -0.153. The van der Waals surface area contributed by atoms with Crippen molar-refractivity contribution in [3.05, 3.63) is 47.5 Å². The molecule has 0 unspecified atom stereocenters. The van der Waals surface area contributed by atoms with Gasteiger partial charge in [-0.2, -0.15) is 0 Å². The lowest BCUT2D eigenvalue weighted by molar-refractivity contribution is -0.115. The van der Waals surface area contributed by atoms with Crippen molar-refractivity contribution in [2.45, 2.75) is 11.3 Å². The molecule has 0 saturated carbocycles. The number of ether oxygens (including phenoxy) is 2. The van der Waals surface area contributed by atoms with Crippen LogP contribution in [0.3, 0.4) is 0 Å². The third-order valence-electron chi connectivity index (χ3n) is 3.60. The molecule has 0 aromatic heterocycles. The lowest BCUT2D eigenvalue weighted by Crippen LogP contribution is -2.18. The average molecular weight is 382 g/mol. The number of benzene rings is 2. The summed E-state index contributed by atoms with van der Waals surface area (Å²) in [7, 11) is -3.61. The van der Waals surface area contributed by atoms with Crippen LogP contribution >= 0.6 is 11.6 Å². The van der Waals surface area contributed by atoms with Gasteiger partial charge in [0.2, 0.25) is 5.91 Å². The normalized spacial score (nSPS) is 13.3. The lowest BCUT2D eigenvalue weighted by atomic mass is 10.3. The monoisotopic (exact) mass is 381 g/mol. The molecule has 0 radical (unpaired) electrons. The van der Waals surface area contributed by atoms with Crippen LogP contribution in [0.15, 0.2) is 47.4 Å². The highest BCUT2D eigenvalue weighted by molar-refractivity contribution is 7.91. The first-order chi connectivity index (χ1) is 11.9. The second-order valence-electron chi connectivity index (χ2n) is 5.43. The van der Waals surface area contributed by atoms with Crippen molar-refractivity contribution in [2.24, 2.45) is 0 Å². The molecule has 3 rings (SSSR count). The van der Waals surface area contributed by atoms with Crippen LogP contribution in [0.2, 0.25) is 5.02 Å². The fourth-order valence-corrected chi connectivity index (χ4v) is 3.70. The van der Waals surface area contributed by atoms with Gasteiger partial charge in [-0.3, -0.25) is 4.79 Å². The predicted molar refractivity (Wildman–Crippen MR) is 94.2 cm³/mol. The highest BCUT2D eigenvalue weighted by Crippen LogP contribution is 2.32. The van der Waals surface area contributed by atoms with E-state index >= 15 is 0 Å². The van der Waals surface area contributed by atoms with Gasteiger partial charge in [0.25, 0.3) is 0 Å². The molecule has 2 aromatic rings. The number of sulfone groups is 1. The summed E-state index contributed by atoms with van der Waals surface area (Å²) in [6, 6.07) is 11.0. The number of rotatable bonds is 5. The molecule has 8 heteroatoms. The summed E-state index contributed by atoms with van der Waals surface area (Å²) in [6.45, 7) is 0.809. The summed E-state index contributed by atoms with van der Waals surface area (Å²) >= 11 is 5.78. The van der Waals surface area contributed by atoms with E-state index in [1.807, 2.05) is 0 Å². The summed E-state index contributed by atoms with van der Waals surface area (Å²) in [5.74, 6) is 0.235. The molecule has 0 fully saturated rings. The third-order valence-corrected chi connectivity index (χ3v) is 5.56. The first-order valence-electron chi connectivity index (χ1n) is 7.62. The number of amides is 1. The van der Waals surface area contributed by atoms with Gasteiger partial charge in [0.05, 0.1) is 10.6 Å². The van der Waals surface area contributed by atoms with Gasteiger partial charge in [0.15, 0.2) is 21.3 Å². The van der Waals surface area contributed by atoms with E-state index in [1.165, 1.54) is 12.1 Å². The zero-order valence-corrected chi connectivity index (χ0v) is 14.8. The molecule has 0 aliphatic carbocycles. The van der Waals surface area contributed by atoms with Gasteiger partial charge in [-0.25, -0.2) is 8.42 Å². The van der Waals surface area contributed by atoms with E-state index < -0.39 is 9.84 Å². The Labute approximate surface area is 150 Å². The van der Waals surface area contributed by atoms with Gasteiger partial charge in [-0.1, -0.05) is 11.6 Å². The standard InChI is InChI=1S/C17H16ClNO5S/c18-12-1-3-13(4-2-12)19-17(20)7-10-25(21,22)14-5-6-15-16(11-14)24-9-8-23-15/h1-6,11H,7-10H2,(H,19,20). The second kappa shape index (κ2) is 7.33. The lowest BCUT2D eigenvalue weighted by Gasteiger charge is -2.18. The largest absolute Gasteiger partial charge is 0.486 e. The van der Waals surface area contributed by atoms with Gasteiger partial charge in [-0.15, -0.1) is 0 Å². The highest BCUT2D eigenvalue weighted by atomic mass is 35.5. The van der Waals surface area contributed by atoms with E-state index in [-0.39, 0.29) is 23.0 Å². The smallest absolute Gasteiger partial charge is 0.225 e. The van der Waals surface area contributed by atoms with Crippen LogP contribution in [-0.2, 0) is 14.6 Å². The Morgan fingerprint density at radius 1 is 1.04 bits per heavy atom. The van der Waals surface area contributed by atoms with Gasteiger partial charge in [-0.05, 0) is 36.4 Å². The van der Waals surface area contributed by atoms with Crippen molar-refractivity contribution in [1.29, 1.82) is 0 Å². The third kappa shape index (κ3) is 4.43. The first kappa shape index (κ1) is 17.6. The minimum Gasteiger partial charge on any atom is -0.486 e.